The fourth-order valence-corrected chi connectivity index (χ4v) is 2.77. The van der Waals surface area contributed by atoms with Gasteiger partial charge in [-0.2, -0.15) is 5.10 Å². The number of hydrogen-bond donors (Lipinski definition) is 1. The molecule has 0 amide bonds. The second-order valence-corrected chi connectivity index (χ2v) is 5.09. The van der Waals surface area contributed by atoms with E-state index in [1.165, 1.54) is 11.1 Å². The third-order valence-electron chi connectivity index (χ3n) is 3.86. The molecule has 0 radical (unpaired) electrons. The van der Waals surface area contributed by atoms with Gasteiger partial charge in [-0.1, -0.05) is 24.3 Å². The number of nitrogens with zero attached hydrogens (tertiary/aromatic N) is 3. The lowest BCUT2D eigenvalue weighted by atomic mass is 10.00. The van der Waals surface area contributed by atoms with Gasteiger partial charge in [0.25, 0.3) is 0 Å². The highest BCUT2D eigenvalue weighted by molar-refractivity contribution is 5.41. The van der Waals surface area contributed by atoms with Gasteiger partial charge in [0.2, 0.25) is 0 Å². The van der Waals surface area contributed by atoms with E-state index in [0.717, 1.165) is 44.0 Å². The third-order valence-corrected chi connectivity index (χ3v) is 3.86. The predicted octanol–water partition coefficient (Wildman–Crippen LogP) is 2.04. The monoisotopic (exact) mass is 256 g/mol. The molecule has 1 aliphatic rings. The lowest BCUT2D eigenvalue weighted by Crippen LogP contribution is -2.31. The molecule has 0 bridgehead atoms. The van der Waals surface area contributed by atoms with Gasteiger partial charge < -0.3 is 5.73 Å². The summed E-state index contributed by atoms with van der Waals surface area (Å²) in [7, 11) is 0. The van der Waals surface area contributed by atoms with Crippen LogP contribution in [-0.4, -0.2) is 21.2 Å². The van der Waals surface area contributed by atoms with E-state index in [0.29, 0.717) is 0 Å². The van der Waals surface area contributed by atoms with Crippen molar-refractivity contribution in [1.29, 1.82) is 0 Å². The molecule has 0 spiro atoms. The highest BCUT2D eigenvalue weighted by atomic mass is 15.3. The van der Waals surface area contributed by atoms with Crippen molar-refractivity contribution in [2.75, 3.05) is 12.3 Å². The Bertz CT molecular complexity index is 573. The molecule has 2 heterocycles. The summed E-state index contributed by atoms with van der Waals surface area (Å²) in [5.41, 5.74) is 10.9. The largest absolute Gasteiger partial charge is 0.396 e. The van der Waals surface area contributed by atoms with Crippen molar-refractivity contribution in [3.8, 4) is 0 Å². The molecule has 4 heteroatoms. The Hall–Kier alpha value is -1.81. The summed E-state index contributed by atoms with van der Waals surface area (Å²) in [5.74, 6) is 0. The van der Waals surface area contributed by atoms with Crippen LogP contribution in [0.2, 0.25) is 0 Å². The lowest BCUT2D eigenvalue weighted by Gasteiger charge is -2.28. The van der Waals surface area contributed by atoms with E-state index in [1.54, 1.807) is 6.20 Å². The van der Waals surface area contributed by atoms with Crippen LogP contribution in [0.5, 0.6) is 0 Å². The van der Waals surface area contributed by atoms with Crippen molar-refractivity contribution in [3.63, 3.8) is 0 Å². The maximum absolute atomic E-state index is 6.02. The van der Waals surface area contributed by atoms with Crippen LogP contribution in [0.4, 0.5) is 5.69 Å². The number of nitrogen functional groups attached to an aromatic ring is 1. The van der Waals surface area contributed by atoms with Crippen LogP contribution in [0.15, 0.2) is 30.5 Å². The number of anilines is 1. The lowest BCUT2D eigenvalue weighted by molar-refractivity contribution is 0.238. The van der Waals surface area contributed by atoms with Gasteiger partial charge in [-0.15, -0.1) is 0 Å². The summed E-state index contributed by atoms with van der Waals surface area (Å²) in [6.07, 6.45) is 2.88. The number of nitrogens with two attached hydrogens (primary N) is 1. The van der Waals surface area contributed by atoms with Crippen molar-refractivity contribution in [2.45, 2.75) is 33.0 Å². The molecule has 0 atom stereocenters. The van der Waals surface area contributed by atoms with Crippen LogP contribution in [-0.2, 0) is 26.1 Å². The minimum absolute atomic E-state index is 0.806. The average molecular weight is 256 g/mol. The van der Waals surface area contributed by atoms with E-state index in [-0.39, 0.29) is 0 Å². The van der Waals surface area contributed by atoms with Gasteiger partial charge in [-0.3, -0.25) is 9.58 Å². The fraction of sp³-hybridized carbons (Fsp3) is 0.400. The zero-order valence-electron chi connectivity index (χ0n) is 11.3. The van der Waals surface area contributed by atoms with Crippen LogP contribution in [0.3, 0.4) is 0 Å². The van der Waals surface area contributed by atoms with Gasteiger partial charge >= 0.3 is 0 Å². The summed E-state index contributed by atoms with van der Waals surface area (Å²) in [5, 5.41) is 4.31. The number of aryl methyl sites for hydroxylation is 1. The van der Waals surface area contributed by atoms with Crippen molar-refractivity contribution in [3.05, 3.63) is 47.3 Å². The molecule has 1 aliphatic heterocycles. The van der Waals surface area contributed by atoms with Crippen molar-refractivity contribution < 1.29 is 0 Å². The first-order chi connectivity index (χ1) is 9.28. The van der Waals surface area contributed by atoms with Gasteiger partial charge in [0, 0.05) is 26.2 Å². The summed E-state index contributed by atoms with van der Waals surface area (Å²) in [4.78, 5) is 2.45. The fourth-order valence-electron chi connectivity index (χ4n) is 2.77. The van der Waals surface area contributed by atoms with Crippen molar-refractivity contribution >= 4 is 5.69 Å². The van der Waals surface area contributed by atoms with Crippen molar-refractivity contribution in [1.82, 2.24) is 14.7 Å². The second kappa shape index (κ2) is 5.05. The molecule has 0 saturated carbocycles. The van der Waals surface area contributed by atoms with Gasteiger partial charge in [0.05, 0.1) is 17.6 Å². The minimum Gasteiger partial charge on any atom is -0.396 e. The normalized spacial score (nSPS) is 15.4. The van der Waals surface area contributed by atoms with Crippen LogP contribution in [0.1, 0.15) is 23.7 Å². The highest BCUT2D eigenvalue weighted by Gasteiger charge is 2.18. The Morgan fingerprint density at radius 2 is 2.05 bits per heavy atom. The maximum atomic E-state index is 6.02. The molecule has 1 aromatic heterocycles. The molecule has 0 saturated heterocycles. The van der Waals surface area contributed by atoms with Gasteiger partial charge in [-0.05, 0) is 24.5 Å². The smallest absolute Gasteiger partial charge is 0.0753 e. The number of fused-ring (bicyclic) bond motifs is 1. The molecule has 19 heavy (non-hydrogen) atoms. The van der Waals surface area contributed by atoms with Crippen LogP contribution in [0, 0.1) is 0 Å². The zero-order chi connectivity index (χ0) is 13.2. The first-order valence-corrected chi connectivity index (χ1v) is 6.87. The standard InChI is InChI=1S/C15H20N4/c1-2-19-15(14(16)9-17-19)11-18-8-7-12-5-3-4-6-13(12)10-18/h3-6,9H,2,7-8,10-11,16H2,1H3. The summed E-state index contributed by atoms with van der Waals surface area (Å²) in [6, 6.07) is 8.70. The minimum atomic E-state index is 0.806. The van der Waals surface area contributed by atoms with E-state index in [4.69, 9.17) is 5.73 Å². The first-order valence-electron chi connectivity index (χ1n) is 6.87. The Labute approximate surface area is 113 Å². The van der Waals surface area contributed by atoms with E-state index in [2.05, 4.69) is 41.2 Å². The van der Waals surface area contributed by atoms with E-state index < -0.39 is 0 Å². The molecule has 3 rings (SSSR count). The Morgan fingerprint density at radius 1 is 1.26 bits per heavy atom. The molecule has 0 aliphatic carbocycles. The molecule has 2 aromatic rings. The summed E-state index contributed by atoms with van der Waals surface area (Å²) in [6.45, 7) is 5.95. The topological polar surface area (TPSA) is 47.1 Å². The van der Waals surface area contributed by atoms with Crippen LogP contribution in [0.25, 0.3) is 0 Å². The second-order valence-electron chi connectivity index (χ2n) is 5.09. The molecule has 0 fully saturated rings. The predicted molar refractivity (Wildman–Crippen MR) is 76.6 cm³/mol. The Balaban J connectivity index is 1.77. The van der Waals surface area contributed by atoms with E-state index in [1.807, 2.05) is 4.68 Å². The molecular weight excluding hydrogens is 236 g/mol. The molecular formula is C15H20N4. The average Bonchev–Trinajstić information content (AvgIpc) is 2.79. The molecule has 4 nitrogen and oxygen atoms in total. The summed E-state index contributed by atoms with van der Waals surface area (Å²) >= 11 is 0. The maximum Gasteiger partial charge on any atom is 0.0753 e. The SMILES string of the molecule is CCn1ncc(N)c1CN1CCc2ccccc2C1. The number of aromatic nitrogens is 2. The quantitative estimate of drug-likeness (QED) is 0.914. The van der Waals surface area contributed by atoms with Crippen LogP contribution < -0.4 is 5.73 Å². The van der Waals surface area contributed by atoms with Gasteiger partial charge in [-0.25, -0.2) is 0 Å². The molecule has 2 N–H and O–H groups in total. The Morgan fingerprint density at radius 3 is 2.84 bits per heavy atom. The van der Waals surface area contributed by atoms with E-state index in [9.17, 15) is 0 Å². The first kappa shape index (κ1) is 12.2. The van der Waals surface area contributed by atoms with Gasteiger partial charge in [0.1, 0.15) is 0 Å². The number of rotatable bonds is 3. The zero-order valence-corrected chi connectivity index (χ0v) is 11.3. The van der Waals surface area contributed by atoms with Crippen LogP contribution >= 0.6 is 0 Å². The highest BCUT2D eigenvalue weighted by Crippen LogP contribution is 2.21. The van der Waals surface area contributed by atoms with E-state index >= 15 is 0 Å². The number of hydrogen-bond acceptors (Lipinski definition) is 3. The third kappa shape index (κ3) is 2.36. The molecule has 1 aromatic carbocycles. The molecule has 100 valence electrons. The number of benzene rings is 1. The van der Waals surface area contributed by atoms with Gasteiger partial charge in [0.15, 0.2) is 0 Å². The molecule has 0 unspecified atom stereocenters. The Kier molecular flexibility index (Phi) is 3.25. The summed E-state index contributed by atoms with van der Waals surface area (Å²) < 4.78 is 2.00. The van der Waals surface area contributed by atoms with Crippen molar-refractivity contribution in [2.24, 2.45) is 0 Å².